The molecule has 7 nitrogen and oxygen atoms in total. The molecule has 2 N–H and O–H groups in total. The van der Waals surface area contributed by atoms with Crippen LogP contribution in [0.2, 0.25) is 0 Å². The van der Waals surface area contributed by atoms with Gasteiger partial charge in [-0.15, -0.1) is 0 Å². The molecule has 2 heterocycles. The van der Waals surface area contributed by atoms with Gasteiger partial charge < -0.3 is 10.7 Å². The normalized spacial score (nSPS) is 12.2. The molecule has 0 fully saturated rings. The molecular formula is C25H18F6N6O. The van der Waals surface area contributed by atoms with Gasteiger partial charge in [-0.25, -0.2) is 13.8 Å². The topological polar surface area (TPSA) is 88.6 Å². The van der Waals surface area contributed by atoms with Gasteiger partial charge in [0, 0.05) is 35.4 Å². The number of rotatable bonds is 7. The maximum Gasteiger partial charge on any atom is 0.416 e. The maximum atomic E-state index is 15.0. The van der Waals surface area contributed by atoms with E-state index in [0.717, 1.165) is 41.3 Å². The minimum atomic E-state index is -4.60. The molecule has 196 valence electrons. The van der Waals surface area contributed by atoms with E-state index in [4.69, 9.17) is 5.41 Å². The van der Waals surface area contributed by atoms with Crippen molar-refractivity contribution >= 4 is 17.1 Å². The largest absolute Gasteiger partial charge is 0.416 e. The molecular weight excluding hydrogens is 514 g/mol. The molecule has 0 aliphatic rings. The molecule has 0 aliphatic heterocycles. The molecule has 38 heavy (non-hydrogen) atoms. The van der Waals surface area contributed by atoms with Crippen LogP contribution in [-0.4, -0.2) is 25.3 Å². The molecule has 2 aromatic heterocycles. The number of hydrogen-bond donors (Lipinski definition) is 2. The molecule has 0 aliphatic carbocycles. The monoisotopic (exact) mass is 532 g/mol. The quantitative estimate of drug-likeness (QED) is 0.221. The van der Waals surface area contributed by atoms with Crippen molar-refractivity contribution in [3.05, 3.63) is 100 Å². The van der Waals surface area contributed by atoms with E-state index in [-0.39, 0.29) is 39.6 Å². The average molecular weight is 532 g/mol. The highest BCUT2D eigenvalue weighted by Crippen LogP contribution is 2.31. The van der Waals surface area contributed by atoms with E-state index in [1.807, 2.05) is 0 Å². The number of alkyl halides is 5. The summed E-state index contributed by atoms with van der Waals surface area (Å²) < 4.78 is 81.5. The van der Waals surface area contributed by atoms with Gasteiger partial charge in [-0.05, 0) is 48.9 Å². The number of allylic oxidation sites excluding steroid dienone is 1. The van der Waals surface area contributed by atoms with Gasteiger partial charge in [0.15, 0.2) is 5.69 Å². The molecule has 0 saturated carbocycles. The predicted octanol–water partition coefficient (Wildman–Crippen LogP) is 6.14. The fourth-order valence-electron chi connectivity index (χ4n) is 3.50. The third kappa shape index (κ3) is 5.82. The number of aromatic nitrogens is 4. The lowest BCUT2D eigenvalue weighted by atomic mass is 10.1. The Labute approximate surface area is 211 Å². The van der Waals surface area contributed by atoms with E-state index in [0.29, 0.717) is 4.68 Å². The summed E-state index contributed by atoms with van der Waals surface area (Å²) >= 11 is 0. The second kappa shape index (κ2) is 10.4. The van der Waals surface area contributed by atoms with Gasteiger partial charge in [0.25, 0.3) is 0 Å². The zero-order valence-electron chi connectivity index (χ0n) is 19.5. The maximum absolute atomic E-state index is 15.0. The SMILES string of the molecule is CC(=N)/C=C(\Nc1cccc(C(F)(F)F)c1)c1nn(-c2ccc(-c3cnn(C(F)F)c3)cc2F)ccc1=O. The smallest absolute Gasteiger partial charge is 0.354 e. The summed E-state index contributed by atoms with van der Waals surface area (Å²) in [5.74, 6) is -0.797. The standard InChI is InChI=1S/C25H18F6N6O/c1-14(32)9-20(34-18-4-2-3-17(11-18)25(29,30)31)23-22(38)7-8-36(35-23)21-6-5-15(10-19(21)26)16-12-33-37(13-16)24(27)28/h2-13,24,32,34H,1H3/b20-9-,32-14?. The van der Waals surface area contributed by atoms with Crippen molar-refractivity contribution in [2.24, 2.45) is 0 Å². The van der Waals surface area contributed by atoms with E-state index in [1.54, 1.807) is 0 Å². The van der Waals surface area contributed by atoms with Crippen LogP contribution >= 0.6 is 0 Å². The first-order valence-electron chi connectivity index (χ1n) is 10.9. The van der Waals surface area contributed by atoms with Gasteiger partial charge in [-0.1, -0.05) is 12.1 Å². The summed E-state index contributed by atoms with van der Waals surface area (Å²) in [5, 5.41) is 18.2. The Hall–Kier alpha value is -4.68. The molecule has 0 unspecified atom stereocenters. The van der Waals surface area contributed by atoms with Crippen LogP contribution in [0, 0.1) is 11.2 Å². The fourth-order valence-corrected chi connectivity index (χ4v) is 3.50. The third-order valence-corrected chi connectivity index (χ3v) is 5.22. The number of nitrogens with zero attached hydrogens (tertiary/aromatic N) is 4. The summed E-state index contributed by atoms with van der Waals surface area (Å²) in [4.78, 5) is 12.7. The van der Waals surface area contributed by atoms with Crippen molar-refractivity contribution in [3.63, 3.8) is 0 Å². The lowest BCUT2D eigenvalue weighted by Crippen LogP contribution is -2.19. The Kier molecular flexibility index (Phi) is 7.19. The number of benzene rings is 2. The number of anilines is 1. The molecule has 0 spiro atoms. The highest BCUT2D eigenvalue weighted by Gasteiger charge is 2.30. The first-order chi connectivity index (χ1) is 17.9. The minimum Gasteiger partial charge on any atom is -0.354 e. The first-order valence-corrected chi connectivity index (χ1v) is 10.9. The van der Waals surface area contributed by atoms with Gasteiger partial charge >= 0.3 is 12.7 Å². The number of halogens is 6. The van der Waals surface area contributed by atoms with Crippen molar-refractivity contribution in [2.75, 3.05) is 5.32 Å². The molecule has 0 amide bonds. The summed E-state index contributed by atoms with van der Waals surface area (Å²) in [6.07, 6.45) is 0.0164. The van der Waals surface area contributed by atoms with Gasteiger partial charge in [-0.3, -0.25) is 4.79 Å². The van der Waals surface area contributed by atoms with E-state index >= 15 is 4.39 Å². The first kappa shape index (κ1) is 26.4. The zero-order valence-corrected chi connectivity index (χ0v) is 19.5. The Morgan fingerprint density at radius 1 is 1.11 bits per heavy atom. The second-order valence-electron chi connectivity index (χ2n) is 8.07. The Balaban J connectivity index is 1.71. The molecule has 0 atom stereocenters. The van der Waals surface area contributed by atoms with Gasteiger partial charge in [0.05, 0.1) is 17.5 Å². The Bertz CT molecular complexity index is 1590. The van der Waals surface area contributed by atoms with E-state index in [2.05, 4.69) is 15.5 Å². The van der Waals surface area contributed by atoms with Crippen LogP contribution in [0.5, 0.6) is 0 Å². The predicted molar refractivity (Wildman–Crippen MR) is 129 cm³/mol. The summed E-state index contributed by atoms with van der Waals surface area (Å²) in [7, 11) is 0. The highest BCUT2D eigenvalue weighted by molar-refractivity contribution is 5.98. The van der Waals surface area contributed by atoms with Crippen molar-refractivity contribution in [2.45, 2.75) is 19.6 Å². The summed E-state index contributed by atoms with van der Waals surface area (Å²) in [6, 6.07) is 9.18. The number of nitrogens with one attached hydrogen (secondary N) is 2. The lowest BCUT2D eigenvalue weighted by Gasteiger charge is -2.14. The number of hydrogen-bond acceptors (Lipinski definition) is 5. The Morgan fingerprint density at radius 3 is 2.50 bits per heavy atom. The van der Waals surface area contributed by atoms with E-state index < -0.39 is 29.5 Å². The van der Waals surface area contributed by atoms with Crippen LogP contribution in [0.25, 0.3) is 22.5 Å². The van der Waals surface area contributed by atoms with Crippen LogP contribution in [0.1, 0.15) is 24.7 Å². The zero-order chi connectivity index (χ0) is 27.6. The Morgan fingerprint density at radius 2 is 1.87 bits per heavy atom. The third-order valence-electron chi connectivity index (χ3n) is 5.22. The van der Waals surface area contributed by atoms with Crippen molar-refractivity contribution in [1.82, 2.24) is 19.6 Å². The van der Waals surface area contributed by atoms with E-state index in [9.17, 15) is 26.7 Å². The molecule has 4 rings (SSSR count). The minimum absolute atomic E-state index is 0.0104. The second-order valence-corrected chi connectivity index (χ2v) is 8.07. The summed E-state index contributed by atoms with van der Waals surface area (Å²) in [6.45, 7) is -1.46. The highest BCUT2D eigenvalue weighted by atomic mass is 19.4. The van der Waals surface area contributed by atoms with Gasteiger partial charge in [-0.2, -0.15) is 32.1 Å². The van der Waals surface area contributed by atoms with Crippen LogP contribution in [0.3, 0.4) is 0 Å². The van der Waals surface area contributed by atoms with Gasteiger partial charge in [0.1, 0.15) is 11.5 Å². The summed E-state index contributed by atoms with van der Waals surface area (Å²) in [5.41, 5.74) is -1.53. The van der Waals surface area contributed by atoms with Crippen LogP contribution in [0.15, 0.2) is 78.0 Å². The van der Waals surface area contributed by atoms with Crippen molar-refractivity contribution in [3.8, 4) is 16.8 Å². The molecule has 0 saturated heterocycles. The molecule has 0 bridgehead atoms. The van der Waals surface area contributed by atoms with Crippen molar-refractivity contribution in [1.29, 1.82) is 5.41 Å². The van der Waals surface area contributed by atoms with E-state index in [1.165, 1.54) is 43.5 Å². The van der Waals surface area contributed by atoms with Crippen molar-refractivity contribution < 1.29 is 26.3 Å². The van der Waals surface area contributed by atoms with Crippen LogP contribution in [-0.2, 0) is 6.18 Å². The van der Waals surface area contributed by atoms with Gasteiger partial charge in [0.2, 0.25) is 5.43 Å². The molecule has 2 aromatic carbocycles. The van der Waals surface area contributed by atoms with Crippen LogP contribution < -0.4 is 10.7 Å². The lowest BCUT2D eigenvalue weighted by molar-refractivity contribution is -0.137. The van der Waals surface area contributed by atoms with Crippen LogP contribution in [0.4, 0.5) is 32.0 Å². The molecule has 13 heteroatoms. The fraction of sp³-hybridized carbons (Fsp3) is 0.120. The molecule has 4 aromatic rings. The molecule has 0 radical (unpaired) electrons. The average Bonchev–Trinajstić information content (AvgIpc) is 3.34.